The molecule has 0 radical (unpaired) electrons. The molecule has 0 N–H and O–H groups in total. The summed E-state index contributed by atoms with van der Waals surface area (Å²) in [6.45, 7) is 1.91. The summed E-state index contributed by atoms with van der Waals surface area (Å²) < 4.78 is 0.778. The normalized spacial score (nSPS) is 11.8. The highest BCUT2D eigenvalue weighted by molar-refractivity contribution is 9.10. The summed E-state index contributed by atoms with van der Waals surface area (Å²) in [6.07, 6.45) is 4.11. The van der Waals surface area contributed by atoms with Crippen LogP contribution >= 0.6 is 15.9 Å². The van der Waals surface area contributed by atoms with Crippen molar-refractivity contribution in [3.05, 3.63) is 28.5 Å². The van der Waals surface area contributed by atoms with Crippen LogP contribution in [-0.4, -0.2) is 10.8 Å². The van der Waals surface area contributed by atoms with Crippen LogP contribution in [0.25, 0.3) is 0 Å². The highest BCUT2D eigenvalue weighted by Crippen LogP contribution is 2.17. The third-order valence-electron chi connectivity index (χ3n) is 2.19. The predicted octanol–water partition coefficient (Wildman–Crippen LogP) is 2.97. The van der Waals surface area contributed by atoms with Crippen molar-refractivity contribution in [3.8, 4) is 6.07 Å². The number of carbonyl (C=O) groups is 1. The summed E-state index contributed by atoms with van der Waals surface area (Å²) in [5.41, 5.74) is 0.562. The van der Waals surface area contributed by atoms with Gasteiger partial charge in [0.05, 0.1) is 6.07 Å². The molecule has 0 aliphatic carbocycles. The number of ketones is 1. The van der Waals surface area contributed by atoms with Gasteiger partial charge in [-0.15, -0.1) is 0 Å². The molecule has 15 heavy (non-hydrogen) atoms. The van der Waals surface area contributed by atoms with Crippen molar-refractivity contribution in [1.29, 1.82) is 5.26 Å². The molecule has 0 aliphatic rings. The monoisotopic (exact) mass is 266 g/mol. The van der Waals surface area contributed by atoms with Crippen LogP contribution in [0.4, 0.5) is 0 Å². The molecule has 0 aliphatic heterocycles. The topological polar surface area (TPSA) is 53.8 Å². The van der Waals surface area contributed by atoms with Gasteiger partial charge >= 0.3 is 0 Å². The van der Waals surface area contributed by atoms with E-state index in [0.717, 1.165) is 4.47 Å². The maximum absolute atomic E-state index is 11.9. The second-order valence-electron chi connectivity index (χ2n) is 3.22. The quantitative estimate of drug-likeness (QED) is 0.788. The number of halogens is 1. The molecular formula is C11H11BrN2O. The molecule has 1 aromatic rings. The Morgan fingerprint density at radius 3 is 2.93 bits per heavy atom. The molecule has 1 heterocycles. The van der Waals surface area contributed by atoms with Crippen molar-refractivity contribution >= 4 is 21.7 Å². The van der Waals surface area contributed by atoms with Crippen molar-refractivity contribution in [2.75, 3.05) is 0 Å². The molecule has 0 saturated carbocycles. The van der Waals surface area contributed by atoms with E-state index in [9.17, 15) is 4.79 Å². The van der Waals surface area contributed by atoms with Crippen molar-refractivity contribution in [1.82, 2.24) is 4.98 Å². The molecule has 3 nitrogen and oxygen atoms in total. The molecule has 4 heteroatoms. The van der Waals surface area contributed by atoms with Crippen molar-refractivity contribution < 1.29 is 4.79 Å². The minimum Gasteiger partial charge on any atom is -0.294 e. The zero-order valence-corrected chi connectivity index (χ0v) is 9.99. The van der Waals surface area contributed by atoms with E-state index in [1.165, 1.54) is 6.20 Å². The number of hydrogen-bond acceptors (Lipinski definition) is 3. The van der Waals surface area contributed by atoms with E-state index in [4.69, 9.17) is 5.26 Å². The molecule has 0 fully saturated rings. The van der Waals surface area contributed by atoms with Gasteiger partial charge < -0.3 is 0 Å². The van der Waals surface area contributed by atoms with Crippen LogP contribution in [0.2, 0.25) is 0 Å². The summed E-state index contributed by atoms with van der Waals surface area (Å²) in [6, 6.07) is 3.76. The van der Waals surface area contributed by atoms with Crippen LogP contribution in [0.3, 0.4) is 0 Å². The molecule has 0 amide bonds. The Kier molecular flexibility index (Phi) is 4.44. The van der Waals surface area contributed by atoms with E-state index in [1.807, 2.05) is 13.0 Å². The zero-order valence-electron chi connectivity index (χ0n) is 8.40. The van der Waals surface area contributed by atoms with Crippen LogP contribution in [0.15, 0.2) is 22.9 Å². The van der Waals surface area contributed by atoms with Gasteiger partial charge in [0, 0.05) is 34.8 Å². The fourth-order valence-electron chi connectivity index (χ4n) is 1.31. The molecule has 0 aromatic carbocycles. The first-order valence-electron chi connectivity index (χ1n) is 4.70. The second-order valence-corrected chi connectivity index (χ2v) is 4.14. The molecule has 0 saturated heterocycles. The number of rotatable bonds is 4. The summed E-state index contributed by atoms with van der Waals surface area (Å²) in [7, 11) is 0. The Balaban J connectivity index is 2.88. The number of hydrogen-bond donors (Lipinski definition) is 0. The van der Waals surface area contributed by atoms with Crippen LogP contribution in [0.1, 0.15) is 30.1 Å². The molecule has 0 bridgehead atoms. The Hall–Kier alpha value is -1.21. The standard InChI is InChI=1S/C11H11BrN2O/c1-2-8(3-4-13)11(15)9-5-10(12)7-14-6-9/h5-8H,2-3H2,1H3. The minimum absolute atomic E-state index is 0.00662. The number of pyridine rings is 1. The van der Waals surface area contributed by atoms with Crippen LogP contribution in [0.5, 0.6) is 0 Å². The molecule has 1 rings (SSSR count). The molecule has 0 spiro atoms. The first-order chi connectivity index (χ1) is 7.19. The third-order valence-corrected chi connectivity index (χ3v) is 2.62. The van der Waals surface area contributed by atoms with Crippen molar-refractivity contribution in [2.24, 2.45) is 5.92 Å². The first kappa shape index (κ1) is 11.9. The molecule has 1 unspecified atom stereocenters. The lowest BCUT2D eigenvalue weighted by atomic mass is 9.94. The second kappa shape index (κ2) is 5.62. The SMILES string of the molecule is CCC(CC#N)C(=O)c1cncc(Br)c1. The Morgan fingerprint density at radius 1 is 1.67 bits per heavy atom. The average Bonchev–Trinajstić information content (AvgIpc) is 2.25. The minimum atomic E-state index is -0.217. The highest BCUT2D eigenvalue weighted by atomic mass is 79.9. The van der Waals surface area contributed by atoms with Gasteiger partial charge in [-0.3, -0.25) is 9.78 Å². The van der Waals surface area contributed by atoms with Crippen LogP contribution in [0, 0.1) is 17.2 Å². The van der Waals surface area contributed by atoms with Crippen molar-refractivity contribution in [2.45, 2.75) is 19.8 Å². The summed E-state index contributed by atoms with van der Waals surface area (Å²) in [4.78, 5) is 15.8. The number of Topliss-reactive ketones (excluding diaryl/α,β-unsaturated/α-hetero) is 1. The van der Waals surface area contributed by atoms with Gasteiger partial charge in [0.1, 0.15) is 0 Å². The number of nitrogens with zero attached hydrogens (tertiary/aromatic N) is 2. The lowest BCUT2D eigenvalue weighted by molar-refractivity contribution is 0.0918. The first-order valence-corrected chi connectivity index (χ1v) is 5.50. The van der Waals surface area contributed by atoms with Gasteiger partial charge in [0.25, 0.3) is 0 Å². The van der Waals surface area contributed by atoms with E-state index in [1.54, 1.807) is 12.3 Å². The van der Waals surface area contributed by atoms with E-state index >= 15 is 0 Å². The molecule has 1 atom stereocenters. The summed E-state index contributed by atoms with van der Waals surface area (Å²) in [5, 5.41) is 8.59. The number of aromatic nitrogens is 1. The lowest BCUT2D eigenvalue weighted by Gasteiger charge is -2.09. The van der Waals surface area contributed by atoms with Gasteiger partial charge in [-0.2, -0.15) is 5.26 Å². The zero-order chi connectivity index (χ0) is 11.3. The number of carbonyl (C=O) groups excluding carboxylic acids is 1. The van der Waals surface area contributed by atoms with Gasteiger partial charge in [-0.1, -0.05) is 6.92 Å². The predicted molar refractivity (Wildman–Crippen MR) is 60.3 cm³/mol. The van der Waals surface area contributed by atoms with Gasteiger partial charge in [-0.25, -0.2) is 0 Å². The van der Waals surface area contributed by atoms with Crippen molar-refractivity contribution in [3.63, 3.8) is 0 Å². The average molecular weight is 267 g/mol. The maximum atomic E-state index is 11.9. The van der Waals surface area contributed by atoms with Gasteiger partial charge in [0.15, 0.2) is 5.78 Å². The van der Waals surface area contributed by atoms with Crippen LogP contribution in [-0.2, 0) is 0 Å². The van der Waals surface area contributed by atoms with E-state index in [2.05, 4.69) is 20.9 Å². The fourth-order valence-corrected chi connectivity index (χ4v) is 1.68. The van der Waals surface area contributed by atoms with E-state index in [-0.39, 0.29) is 18.1 Å². The third kappa shape index (κ3) is 3.14. The Morgan fingerprint density at radius 2 is 2.40 bits per heavy atom. The summed E-state index contributed by atoms with van der Waals surface area (Å²) >= 11 is 3.26. The Labute approximate surface area is 97.3 Å². The fraction of sp³-hybridized carbons (Fsp3) is 0.364. The highest BCUT2D eigenvalue weighted by Gasteiger charge is 2.18. The number of nitriles is 1. The smallest absolute Gasteiger partial charge is 0.168 e. The lowest BCUT2D eigenvalue weighted by Crippen LogP contribution is -2.13. The van der Waals surface area contributed by atoms with E-state index < -0.39 is 0 Å². The van der Waals surface area contributed by atoms with Gasteiger partial charge in [0.2, 0.25) is 0 Å². The van der Waals surface area contributed by atoms with Gasteiger partial charge in [-0.05, 0) is 28.4 Å². The maximum Gasteiger partial charge on any atom is 0.168 e. The molecular weight excluding hydrogens is 256 g/mol. The Bertz CT molecular complexity index is 398. The van der Waals surface area contributed by atoms with Crippen LogP contribution < -0.4 is 0 Å². The largest absolute Gasteiger partial charge is 0.294 e. The van der Waals surface area contributed by atoms with E-state index in [0.29, 0.717) is 12.0 Å². The molecule has 1 aromatic heterocycles. The molecule has 78 valence electrons. The summed E-state index contributed by atoms with van der Waals surface area (Å²) in [5.74, 6) is -0.223.